The molecule has 1 N–H and O–H groups in total. The fourth-order valence-corrected chi connectivity index (χ4v) is 3.79. The Morgan fingerprint density at radius 3 is 2.77 bits per heavy atom. The first-order valence-electron chi connectivity index (χ1n) is 7.84. The fourth-order valence-electron chi connectivity index (χ4n) is 2.50. The molecule has 1 aliphatic heterocycles. The van der Waals surface area contributed by atoms with Crippen molar-refractivity contribution in [2.75, 3.05) is 11.5 Å². The fraction of sp³-hybridized carbons (Fsp3) is 0.105. The van der Waals surface area contributed by atoms with E-state index in [2.05, 4.69) is 0 Å². The normalized spacial score (nSPS) is 15.6. The van der Waals surface area contributed by atoms with Crippen molar-refractivity contribution in [2.24, 2.45) is 0 Å². The van der Waals surface area contributed by atoms with Crippen LogP contribution in [-0.4, -0.2) is 27.9 Å². The van der Waals surface area contributed by atoms with Crippen molar-refractivity contribution in [3.05, 3.63) is 64.6 Å². The van der Waals surface area contributed by atoms with Crippen LogP contribution in [-0.2, 0) is 4.79 Å². The maximum atomic E-state index is 12.8. The summed E-state index contributed by atoms with van der Waals surface area (Å²) in [4.78, 5) is 25.8. The summed E-state index contributed by atoms with van der Waals surface area (Å²) in [6.07, 6.45) is 1.74. The molecule has 26 heavy (non-hydrogen) atoms. The first-order valence-corrected chi connectivity index (χ1v) is 9.07. The highest BCUT2D eigenvalue weighted by Gasteiger charge is 2.33. The van der Waals surface area contributed by atoms with Gasteiger partial charge in [0.15, 0.2) is 4.32 Å². The lowest BCUT2D eigenvalue weighted by molar-refractivity contribution is -0.113. The molecule has 2 aromatic carbocycles. The van der Waals surface area contributed by atoms with E-state index in [1.54, 1.807) is 18.2 Å². The number of carbonyl (C=O) groups is 2. The number of thiocarbonyl (C=S) groups is 1. The second-order valence-electron chi connectivity index (χ2n) is 5.34. The van der Waals surface area contributed by atoms with Crippen molar-refractivity contribution in [3.8, 4) is 5.75 Å². The van der Waals surface area contributed by atoms with E-state index in [0.717, 1.165) is 5.56 Å². The molecule has 1 saturated heterocycles. The minimum Gasteiger partial charge on any atom is -0.493 e. The monoisotopic (exact) mass is 385 g/mol. The molecule has 0 atom stereocenters. The number of thioether (sulfide) groups is 1. The molecule has 0 bridgehead atoms. The van der Waals surface area contributed by atoms with Crippen LogP contribution in [0.4, 0.5) is 5.69 Å². The summed E-state index contributed by atoms with van der Waals surface area (Å²) in [6, 6.07) is 13.6. The number of anilines is 1. The van der Waals surface area contributed by atoms with E-state index in [1.165, 1.54) is 28.8 Å². The molecular formula is C19H15NO4S2. The van der Waals surface area contributed by atoms with E-state index in [1.807, 2.05) is 31.2 Å². The highest BCUT2D eigenvalue weighted by molar-refractivity contribution is 8.27. The van der Waals surface area contributed by atoms with Gasteiger partial charge in [0.05, 0.1) is 22.8 Å². The van der Waals surface area contributed by atoms with Crippen molar-refractivity contribution in [2.45, 2.75) is 6.92 Å². The van der Waals surface area contributed by atoms with Crippen LogP contribution < -0.4 is 9.64 Å². The van der Waals surface area contributed by atoms with Crippen molar-refractivity contribution in [1.29, 1.82) is 0 Å². The van der Waals surface area contributed by atoms with Gasteiger partial charge < -0.3 is 9.84 Å². The quantitative estimate of drug-likeness (QED) is 0.615. The Balaban J connectivity index is 1.95. The standard InChI is InChI=1S/C19H15NO4S2/c1-2-24-15-9-4-3-6-12(15)11-16-17(21)20(19(25)26-16)14-8-5-7-13(10-14)18(22)23/h3-11H,2H2,1H3,(H,22,23)/b16-11+. The Bertz CT molecular complexity index is 923. The van der Waals surface area contributed by atoms with Gasteiger partial charge in [0.2, 0.25) is 0 Å². The molecule has 0 radical (unpaired) electrons. The van der Waals surface area contributed by atoms with Gasteiger partial charge in [0.25, 0.3) is 5.91 Å². The predicted octanol–water partition coefficient (Wildman–Crippen LogP) is 4.19. The van der Waals surface area contributed by atoms with E-state index in [0.29, 0.717) is 27.3 Å². The second-order valence-corrected chi connectivity index (χ2v) is 7.02. The molecule has 0 saturated carbocycles. The first kappa shape index (κ1) is 18.2. The third kappa shape index (κ3) is 3.63. The second kappa shape index (κ2) is 7.72. The number of benzene rings is 2. The Morgan fingerprint density at radius 2 is 2.04 bits per heavy atom. The van der Waals surface area contributed by atoms with E-state index >= 15 is 0 Å². The highest BCUT2D eigenvalue weighted by Crippen LogP contribution is 2.37. The Morgan fingerprint density at radius 1 is 1.27 bits per heavy atom. The van der Waals surface area contributed by atoms with Crippen molar-refractivity contribution in [1.82, 2.24) is 0 Å². The summed E-state index contributed by atoms with van der Waals surface area (Å²) in [5.74, 6) is -0.652. The van der Waals surface area contributed by atoms with Gasteiger partial charge >= 0.3 is 5.97 Å². The van der Waals surface area contributed by atoms with Crippen LogP contribution in [0.2, 0.25) is 0 Å². The third-order valence-corrected chi connectivity index (χ3v) is 4.95. The van der Waals surface area contributed by atoms with Gasteiger partial charge in [-0.25, -0.2) is 4.79 Å². The lowest BCUT2D eigenvalue weighted by Crippen LogP contribution is -2.27. The summed E-state index contributed by atoms with van der Waals surface area (Å²) in [5, 5.41) is 9.14. The average Bonchev–Trinajstić information content (AvgIpc) is 2.90. The molecule has 5 nitrogen and oxygen atoms in total. The van der Waals surface area contributed by atoms with Gasteiger partial charge in [0, 0.05) is 5.56 Å². The summed E-state index contributed by atoms with van der Waals surface area (Å²) in [7, 11) is 0. The number of nitrogens with zero attached hydrogens (tertiary/aromatic N) is 1. The smallest absolute Gasteiger partial charge is 0.335 e. The van der Waals surface area contributed by atoms with E-state index < -0.39 is 5.97 Å². The summed E-state index contributed by atoms with van der Waals surface area (Å²) >= 11 is 6.51. The number of carboxylic acids is 1. The Labute approximate surface area is 160 Å². The third-order valence-electron chi connectivity index (χ3n) is 3.65. The van der Waals surface area contributed by atoms with Crippen molar-refractivity contribution < 1.29 is 19.4 Å². The average molecular weight is 385 g/mol. The van der Waals surface area contributed by atoms with Crippen LogP contribution in [0.15, 0.2) is 53.4 Å². The maximum absolute atomic E-state index is 12.8. The van der Waals surface area contributed by atoms with Gasteiger partial charge in [-0.05, 0) is 37.3 Å². The van der Waals surface area contributed by atoms with Gasteiger partial charge in [-0.3, -0.25) is 9.69 Å². The van der Waals surface area contributed by atoms with Crippen LogP contribution >= 0.6 is 24.0 Å². The number of aromatic carboxylic acids is 1. The molecule has 0 unspecified atom stereocenters. The number of carbonyl (C=O) groups excluding carboxylic acids is 1. The molecule has 0 aromatic heterocycles. The van der Waals surface area contributed by atoms with Crippen LogP contribution in [0.1, 0.15) is 22.8 Å². The molecule has 3 rings (SSSR count). The molecule has 1 heterocycles. The van der Waals surface area contributed by atoms with E-state index in [9.17, 15) is 9.59 Å². The van der Waals surface area contributed by atoms with Crippen molar-refractivity contribution >= 4 is 51.9 Å². The summed E-state index contributed by atoms with van der Waals surface area (Å²) in [5.41, 5.74) is 1.32. The first-order chi connectivity index (χ1) is 12.5. The Hall–Kier alpha value is -2.64. The highest BCUT2D eigenvalue weighted by atomic mass is 32.2. The van der Waals surface area contributed by atoms with Gasteiger partial charge in [0.1, 0.15) is 5.75 Å². The van der Waals surface area contributed by atoms with Gasteiger partial charge in [-0.2, -0.15) is 0 Å². The molecule has 2 aromatic rings. The van der Waals surface area contributed by atoms with E-state index in [4.69, 9.17) is 22.1 Å². The largest absolute Gasteiger partial charge is 0.493 e. The van der Waals surface area contributed by atoms with Crippen LogP contribution in [0.5, 0.6) is 5.75 Å². The molecule has 132 valence electrons. The summed E-state index contributed by atoms with van der Waals surface area (Å²) in [6.45, 7) is 2.42. The number of ether oxygens (including phenoxy) is 1. The Kier molecular flexibility index (Phi) is 5.39. The lowest BCUT2D eigenvalue weighted by atomic mass is 10.1. The SMILES string of the molecule is CCOc1ccccc1/C=C1/SC(=S)N(c2cccc(C(=O)O)c2)C1=O. The van der Waals surface area contributed by atoms with Crippen LogP contribution in [0.25, 0.3) is 6.08 Å². The number of hydrogen-bond acceptors (Lipinski definition) is 5. The maximum Gasteiger partial charge on any atom is 0.335 e. The van der Waals surface area contributed by atoms with E-state index in [-0.39, 0.29) is 11.5 Å². The summed E-state index contributed by atoms with van der Waals surface area (Å²) < 4.78 is 5.95. The molecule has 1 aliphatic rings. The molecule has 0 spiro atoms. The van der Waals surface area contributed by atoms with Gasteiger partial charge in [-0.15, -0.1) is 0 Å². The predicted molar refractivity (Wildman–Crippen MR) is 107 cm³/mol. The molecule has 1 amide bonds. The zero-order chi connectivity index (χ0) is 18.7. The molecule has 7 heteroatoms. The minimum absolute atomic E-state index is 0.0993. The number of rotatable bonds is 5. The topological polar surface area (TPSA) is 66.8 Å². The zero-order valence-electron chi connectivity index (χ0n) is 13.8. The van der Waals surface area contributed by atoms with Gasteiger partial charge in [-0.1, -0.05) is 48.2 Å². The van der Waals surface area contributed by atoms with Crippen LogP contribution in [0, 0.1) is 0 Å². The number of para-hydroxylation sites is 1. The number of carboxylic acid groups (broad SMARTS) is 1. The lowest BCUT2D eigenvalue weighted by Gasteiger charge is -2.14. The molecule has 1 fully saturated rings. The molecule has 0 aliphatic carbocycles. The number of hydrogen-bond donors (Lipinski definition) is 1. The zero-order valence-corrected chi connectivity index (χ0v) is 15.5. The number of amides is 1. The van der Waals surface area contributed by atoms with Crippen LogP contribution in [0.3, 0.4) is 0 Å². The van der Waals surface area contributed by atoms with Crippen molar-refractivity contribution in [3.63, 3.8) is 0 Å². The minimum atomic E-state index is -1.06. The molecular weight excluding hydrogens is 370 g/mol.